The van der Waals surface area contributed by atoms with Crippen molar-refractivity contribution in [3.63, 3.8) is 0 Å². The molecule has 0 aromatic heterocycles. The summed E-state index contributed by atoms with van der Waals surface area (Å²) >= 11 is 0. The molecule has 1 N–H and O–H groups in total. The van der Waals surface area contributed by atoms with E-state index in [1.165, 1.54) is 7.11 Å². The van der Waals surface area contributed by atoms with Crippen LogP contribution in [0.2, 0.25) is 0 Å². The van der Waals surface area contributed by atoms with Gasteiger partial charge in [-0.2, -0.15) is 0 Å². The van der Waals surface area contributed by atoms with Crippen molar-refractivity contribution in [3.05, 3.63) is 29.8 Å². The Labute approximate surface area is 136 Å². The lowest BCUT2D eigenvalue weighted by Gasteiger charge is -2.22. The predicted molar refractivity (Wildman–Crippen MR) is 87.8 cm³/mol. The van der Waals surface area contributed by atoms with Crippen molar-refractivity contribution in [1.29, 1.82) is 0 Å². The van der Waals surface area contributed by atoms with Gasteiger partial charge in [-0.3, -0.25) is 0 Å². The molecule has 1 aromatic carbocycles. The maximum atomic E-state index is 11.8. The van der Waals surface area contributed by atoms with Crippen LogP contribution in [0.25, 0.3) is 0 Å². The Bertz CT molecular complexity index is 580. The molecule has 1 aromatic rings. The fraction of sp³-hybridized carbons (Fsp3) is 0.529. The molecule has 0 radical (unpaired) electrons. The molecule has 0 aliphatic carbocycles. The first-order chi connectivity index (χ1) is 10.8. The minimum atomic E-state index is -0.503. The van der Waals surface area contributed by atoms with Gasteiger partial charge in [-0.15, -0.1) is 0 Å². The Balaban J connectivity index is 1.95. The minimum absolute atomic E-state index is 0.0339. The number of amides is 1. The number of hydrogen-bond donors (Lipinski definition) is 1. The van der Waals surface area contributed by atoms with Crippen LogP contribution in [0.1, 0.15) is 37.6 Å². The number of ether oxygens (including phenoxy) is 2. The molecule has 1 atom stereocenters. The molecule has 6 nitrogen and oxygen atoms in total. The summed E-state index contributed by atoms with van der Waals surface area (Å²) in [5, 5.41) is 2.89. The van der Waals surface area contributed by atoms with E-state index in [1.54, 1.807) is 6.07 Å². The molecule has 1 amide bonds. The molecule has 0 spiro atoms. The van der Waals surface area contributed by atoms with Crippen molar-refractivity contribution in [1.82, 2.24) is 5.32 Å². The summed E-state index contributed by atoms with van der Waals surface area (Å²) in [6.45, 7) is 7.01. The van der Waals surface area contributed by atoms with E-state index in [1.807, 2.05) is 39.0 Å². The van der Waals surface area contributed by atoms with Crippen LogP contribution in [0.5, 0.6) is 0 Å². The zero-order valence-corrected chi connectivity index (χ0v) is 14.1. The maximum Gasteiger partial charge on any atom is 0.407 e. The highest BCUT2D eigenvalue weighted by Gasteiger charge is 2.26. The number of hydrogen-bond acceptors (Lipinski definition) is 5. The first-order valence-corrected chi connectivity index (χ1v) is 7.71. The second kappa shape index (κ2) is 6.89. The Hall–Kier alpha value is -2.24. The third kappa shape index (κ3) is 4.87. The molecular formula is C17H24N2O4. The number of methoxy groups -OCH3 is 1. The number of alkyl carbamates (subject to hydrolysis) is 1. The van der Waals surface area contributed by atoms with Gasteiger partial charge in [0.05, 0.1) is 18.7 Å². The smallest absolute Gasteiger partial charge is 0.407 e. The number of nitrogens with one attached hydrogen (secondary N) is 1. The quantitative estimate of drug-likeness (QED) is 0.867. The number of carbonyl (C=O) groups is 2. The van der Waals surface area contributed by atoms with Gasteiger partial charge in [0.1, 0.15) is 5.60 Å². The number of carbonyl (C=O) groups excluding carboxylic acids is 2. The fourth-order valence-electron chi connectivity index (χ4n) is 2.53. The molecular weight excluding hydrogens is 296 g/mol. The third-order valence-corrected chi connectivity index (χ3v) is 3.54. The number of anilines is 1. The summed E-state index contributed by atoms with van der Waals surface area (Å²) in [7, 11) is 1.37. The Morgan fingerprint density at radius 3 is 2.70 bits per heavy atom. The van der Waals surface area contributed by atoms with E-state index in [9.17, 15) is 9.59 Å². The molecule has 23 heavy (non-hydrogen) atoms. The summed E-state index contributed by atoms with van der Waals surface area (Å²) in [5.41, 5.74) is 0.965. The summed E-state index contributed by atoms with van der Waals surface area (Å²) in [6, 6.07) is 7.34. The summed E-state index contributed by atoms with van der Waals surface area (Å²) in [4.78, 5) is 25.6. The van der Waals surface area contributed by atoms with Gasteiger partial charge < -0.3 is 19.7 Å². The van der Waals surface area contributed by atoms with Crippen LogP contribution in [-0.4, -0.2) is 43.9 Å². The highest BCUT2D eigenvalue weighted by atomic mass is 16.6. The van der Waals surface area contributed by atoms with Crippen molar-refractivity contribution >= 4 is 17.7 Å². The molecule has 6 heteroatoms. The molecule has 1 heterocycles. The Kier molecular flexibility index (Phi) is 5.13. The van der Waals surface area contributed by atoms with Gasteiger partial charge in [0.25, 0.3) is 0 Å². The number of esters is 1. The van der Waals surface area contributed by atoms with Gasteiger partial charge in [0.15, 0.2) is 0 Å². The lowest BCUT2D eigenvalue weighted by molar-refractivity contribution is 0.0508. The Morgan fingerprint density at radius 1 is 1.30 bits per heavy atom. The van der Waals surface area contributed by atoms with E-state index < -0.39 is 11.7 Å². The van der Waals surface area contributed by atoms with Gasteiger partial charge in [0.2, 0.25) is 0 Å². The van der Waals surface area contributed by atoms with Crippen LogP contribution in [0.4, 0.5) is 10.5 Å². The molecule has 2 rings (SSSR count). The Morgan fingerprint density at radius 2 is 2.04 bits per heavy atom. The van der Waals surface area contributed by atoms with Crippen LogP contribution >= 0.6 is 0 Å². The van der Waals surface area contributed by atoms with Gasteiger partial charge in [-0.05, 0) is 45.4 Å². The van der Waals surface area contributed by atoms with Gasteiger partial charge in [0, 0.05) is 18.8 Å². The average Bonchev–Trinajstić information content (AvgIpc) is 2.93. The van der Waals surface area contributed by atoms with Crippen LogP contribution in [0.3, 0.4) is 0 Å². The molecule has 1 saturated heterocycles. The molecule has 1 aliphatic heterocycles. The van der Waals surface area contributed by atoms with Gasteiger partial charge in [-0.1, -0.05) is 6.07 Å². The van der Waals surface area contributed by atoms with Gasteiger partial charge >= 0.3 is 12.1 Å². The first-order valence-electron chi connectivity index (χ1n) is 7.71. The van der Waals surface area contributed by atoms with E-state index in [0.29, 0.717) is 12.1 Å². The van der Waals surface area contributed by atoms with Crippen molar-refractivity contribution < 1.29 is 19.1 Å². The summed E-state index contributed by atoms with van der Waals surface area (Å²) in [5.74, 6) is -0.352. The van der Waals surface area contributed by atoms with Crippen LogP contribution < -0.4 is 10.2 Å². The zero-order chi connectivity index (χ0) is 17.0. The molecule has 1 aliphatic rings. The minimum Gasteiger partial charge on any atom is -0.465 e. The fourth-order valence-corrected chi connectivity index (χ4v) is 2.53. The first kappa shape index (κ1) is 17.1. The molecule has 0 saturated carbocycles. The lowest BCUT2D eigenvalue weighted by Crippen LogP contribution is -2.40. The van der Waals surface area contributed by atoms with E-state index >= 15 is 0 Å². The highest BCUT2D eigenvalue weighted by Crippen LogP contribution is 2.22. The molecule has 0 bridgehead atoms. The molecule has 0 unspecified atom stereocenters. The normalized spacial score (nSPS) is 17.7. The third-order valence-electron chi connectivity index (χ3n) is 3.54. The predicted octanol–water partition coefficient (Wildman–Crippen LogP) is 2.58. The second-order valence-corrected chi connectivity index (χ2v) is 6.62. The lowest BCUT2D eigenvalue weighted by atomic mass is 10.2. The number of nitrogens with zero attached hydrogens (tertiary/aromatic N) is 1. The SMILES string of the molecule is COC(=O)c1cccc(N2CC[C@@H](NC(=O)OC(C)(C)C)C2)c1. The van der Waals surface area contributed by atoms with Crippen LogP contribution in [0, 0.1) is 0 Å². The average molecular weight is 320 g/mol. The standard InChI is InChI=1S/C17H24N2O4/c1-17(2,3)23-16(21)18-13-8-9-19(11-13)14-7-5-6-12(10-14)15(20)22-4/h5-7,10,13H,8-9,11H2,1-4H3,(H,18,21)/t13-/m1/s1. The van der Waals surface area contributed by atoms with Gasteiger partial charge in [-0.25, -0.2) is 9.59 Å². The molecule has 1 fully saturated rings. The monoisotopic (exact) mass is 320 g/mol. The van der Waals surface area contributed by atoms with Crippen LogP contribution in [-0.2, 0) is 9.47 Å². The van der Waals surface area contributed by atoms with Crippen molar-refractivity contribution in [3.8, 4) is 0 Å². The number of benzene rings is 1. The summed E-state index contributed by atoms with van der Waals surface area (Å²) < 4.78 is 10.0. The van der Waals surface area contributed by atoms with Crippen molar-refractivity contribution in [2.75, 3.05) is 25.1 Å². The van der Waals surface area contributed by atoms with Crippen molar-refractivity contribution in [2.45, 2.75) is 38.8 Å². The summed E-state index contributed by atoms with van der Waals surface area (Å²) in [6.07, 6.45) is 0.439. The maximum absolute atomic E-state index is 11.8. The topological polar surface area (TPSA) is 67.9 Å². The number of rotatable bonds is 3. The largest absolute Gasteiger partial charge is 0.465 e. The van der Waals surface area contributed by atoms with E-state index in [2.05, 4.69) is 10.2 Å². The second-order valence-electron chi connectivity index (χ2n) is 6.62. The van der Waals surface area contributed by atoms with E-state index in [4.69, 9.17) is 9.47 Å². The van der Waals surface area contributed by atoms with E-state index in [-0.39, 0.29) is 12.0 Å². The highest BCUT2D eigenvalue weighted by molar-refractivity contribution is 5.90. The van der Waals surface area contributed by atoms with Crippen LogP contribution in [0.15, 0.2) is 24.3 Å². The molecule has 126 valence electrons. The van der Waals surface area contributed by atoms with Crippen molar-refractivity contribution in [2.24, 2.45) is 0 Å². The van der Waals surface area contributed by atoms with E-state index in [0.717, 1.165) is 18.7 Å². The zero-order valence-electron chi connectivity index (χ0n) is 14.1.